The van der Waals surface area contributed by atoms with Crippen LogP contribution in [0.5, 0.6) is 0 Å². The van der Waals surface area contributed by atoms with E-state index in [9.17, 15) is 4.79 Å². The van der Waals surface area contributed by atoms with Crippen molar-refractivity contribution in [1.29, 1.82) is 0 Å². The maximum absolute atomic E-state index is 11.6. The molecule has 100 valence electrons. The SMILES string of the molecule is CN(C)C(=O)CN1CCC(n2ccc(N)n2)CC1. The Labute approximate surface area is 107 Å². The van der Waals surface area contributed by atoms with Crippen molar-refractivity contribution in [1.82, 2.24) is 19.6 Å². The van der Waals surface area contributed by atoms with Crippen molar-refractivity contribution in [3.05, 3.63) is 12.3 Å². The first kappa shape index (κ1) is 12.9. The van der Waals surface area contributed by atoms with Crippen molar-refractivity contribution in [3.8, 4) is 0 Å². The van der Waals surface area contributed by atoms with Gasteiger partial charge in [-0.3, -0.25) is 14.4 Å². The Balaban J connectivity index is 1.83. The molecular formula is C12H21N5O. The average molecular weight is 251 g/mol. The van der Waals surface area contributed by atoms with Gasteiger partial charge in [-0.05, 0) is 18.9 Å². The molecule has 2 rings (SSSR count). The van der Waals surface area contributed by atoms with Crippen LogP contribution in [-0.4, -0.2) is 59.2 Å². The highest BCUT2D eigenvalue weighted by Gasteiger charge is 2.22. The van der Waals surface area contributed by atoms with Gasteiger partial charge in [0.05, 0.1) is 12.6 Å². The van der Waals surface area contributed by atoms with Crippen molar-refractivity contribution in [2.75, 3.05) is 39.5 Å². The minimum absolute atomic E-state index is 0.164. The lowest BCUT2D eigenvalue weighted by molar-refractivity contribution is -0.130. The van der Waals surface area contributed by atoms with Crippen LogP contribution in [0.4, 0.5) is 5.82 Å². The molecule has 18 heavy (non-hydrogen) atoms. The molecule has 1 aromatic heterocycles. The highest BCUT2D eigenvalue weighted by Crippen LogP contribution is 2.22. The minimum Gasteiger partial charge on any atom is -0.382 e. The van der Waals surface area contributed by atoms with Crippen LogP contribution in [0.2, 0.25) is 0 Å². The number of rotatable bonds is 3. The topological polar surface area (TPSA) is 67.4 Å². The summed E-state index contributed by atoms with van der Waals surface area (Å²) in [4.78, 5) is 15.5. The van der Waals surface area contributed by atoms with E-state index >= 15 is 0 Å². The summed E-state index contributed by atoms with van der Waals surface area (Å²) in [5, 5.41) is 4.25. The van der Waals surface area contributed by atoms with Gasteiger partial charge in [0.15, 0.2) is 0 Å². The number of carbonyl (C=O) groups excluding carboxylic acids is 1. The monoisotopic (exact) mass is 251 g/mol. The molecule has 1 aliphatic heterocycles. The number of nitrogens with two attached hydrogens (primary N) is 1. The van der Waals surface area contributed by atoms with E-state index in [4.69, 9.17) is 5.73 Å². The third-order valence-corrected chi connectivity index (χ3v) is 3.42. The van der Waals surface area contributed by atoms with E-state index in [0.717, 1.165) is 25.9 Å². The minimum atomic E-state index is 0.164. The standard InChI is InChI=1S/C12H21N5O/c1-15(2)12(18)9-16-6-3-10(4-7-16)17-8-5-11(13)14-17/h5,8,10H,3-4,6-7,9H2,1-2H3,(H2,13,14). The summed E-state index contributed by atoms with van der Waals surface area (Å²) >= 11 is 0. The smallest absolute Gasteiger partial charge is 0.236 e. The molecule has 0 bridgehead atoms. The van der Waals surface area contributed by atoms with E-state index in [0.29, 0.717) is 18.4 Å². The fourth-order valence-electron chi connectivity index (χ4n) is 2.23. The van der Waals surface area contributed by atoms with Crippen molar-refractivity contribution < 1.29 is 4.79 Å². The maximum atomic E-state index is 11.6. The lowest BCUT2D eigenvalue weighted by atomic mass is 10.1. The molecule has 0 aliphatic carbocycles. The lowest BCUT2D eigenvalue weighted by Crippen LogP contribution is -2.41. The number of likely N-dealkylation sites (N-methyl/N-ethyl adjacent to an activating group) is 1. The largest absolute Gasteiger partial charge is 0.382 e. The molecule has 1 aromatic rings. The molecular weight excluding hydrogens is 230 g/mol. The van der Waals surface area contributed by atoms with Gasteiger partial charge in [0.2, 0.25) is 5.91 Å². The van der Waals surface area contributed by atoms with Crippen molar-refractivity contribution in [2.24, 2.45) is 0 Å². The summed E-state index contributed by atoms with van der Waals surface area (Å²) in [6.45, 7) is 2.38. The van der Waals surface area contributed by atoms with E-state index < -0.39 is 0 Å². The first-order valence-corrected chi connectivity index (χ1v) is 6.29. The molecule has 6 nitrogen and oxygen atoms in total. The third-order valence-electron chi connectivity index (χ3n) is 3.42. The highest BCUT2D eigenvalue weighted by molar-refractivity contribution is 5.77. The molecule has 1 amide bonds. The van der Waals surface area contributed by atoms with E-state index in [1.807, 2.05) is 16.9 Å². The number of carbonyl (C=O) groups is 1. The van der Waals surface area contributed by atoms with E-state index in [1.54, 1.807) is 19.0 Å². The first-order chi connectivity index (χ1) is 8.56. The number of nitrogen functional groups attached to an aromatic ring is 1. The van der Waals surface area contributed by atoms with Gasteiger partial charge >= 0.3 is 0 Å². The van der Waals surface area contributed by atoms with Crippen molar-refractivity contribution >= 4 is 11.7 Å². The fraction of sp³-hybridized carbons (Fsp3) is 0.667. The Morgan fingerprint density at radius 2 is 2.17 bits per heavy atom. The van der Waals surface area contributed by atoms with Crippen LogP contribution in [0, 0.1) is 0 Å². The van der Waals surface area contributed by atoms with Crippen LogP contribution < -0.4 is 5.73 Å². The van der Waals surface area contributed by atoms with Crippen LogP contribution in [0.15, 0.2) is 12.3 Å². The molecule has 1 fully saturated rings. The van der Waals surface area contributed by atoms with Crippen LogP contribution in [-0.2, 0) is 4.79 Å². The first-order valence-electron chi connectivity index (χ1n) is 6.29. The van der Waals surface area contributed by atoms with Gasteiger partial charge in [0.25, 0.3) is 0 Å². The Morgan fingerprint density at radius 3 is 2.67 bits per heavy atom. The molecule has 2 N–H and O–H groups in total. The predicted molar refractivity (Wildman–Crippen MR) is 70.0 cm³/mol. The average Bonchev–Trinajstić information content (AvgIpc) is 2.76. The van der Waals surface area contributed by atoms with E-state index in [2.05, 4.69) is 10.00 Å². The van der Waals surface area contributed by atoms with Gasteiger partial charge in [0, 0.05) is 33.4 Å². The summed E-state index contributed by atoms with van der Waals surface area (Å²) < 4.78 is 1.94. The van der Waals surface area contributed by atoms with Gasteiger partial charge in [-0.15, -0.1) is 0 Å². The van der Waals surface area contributed by atoms with Crippen molar-refractivity contribution in [2.45, 2.75) is 18.9 Å². The lowest BCUT2D eigenvalue weighted by Gasteiger charge is -2.32. The number of aromatic nitrogens is 2. The highest BCUT2D eigenvalue weighted by atomic mass is 16.2. The molecule has 2 heterocycles. The molecule has 0 atom stereocenters. The number of nitrogens with zero attached hydrogens (tertiary/aromatic N) is 4. The fourth-order valence-corrected chi connectivity index (χ4v) is 2.23. The Bertz CT molecular complexity index is 406. The van der Waals surface area contributed by atoms with Crippen molar-refractivity contribution in [3.63, 3.8) is 0 Å². The molecule has 1 saturated heterocycles. The summed E-state index contributed by atoms with van der Waals surface area (Å²) in [5.41, 5.74) is 5.62. The second kappa shape index (κ2) is 5.39. The van der Waals surface area contributed by atoms with Gasteiger partial charge in [-0.2, -0.15) is 5.10 Å². The molecule has 6 heteroatoms. The molecule has 0 unspecified atom stereocenters. The van der Waals surface area contributed by atoms with Crippen LogP contribution in [0.25, 0.3) is 0 Å². The predicted octanol–water partition coefficient (Wildman–Crippen LogP) is 0.190. The van der Waals surface area contributed by atoms with Gasteiger partial charge < -0.3 is 10.6 Å². The zero-order chi connectivity index (χ0) is 13.1. The summed E-state index contributed by atoms with van der Waals surface area (Å²) in [6.07, 6.45) is 3.96. The van der Waals surface area contributed by atoms with Gasteiger partial charge in [-0.1, -0.05) is 0 Å². The normalized spacial score (nSPS) is 17.9. The quantitative estimate of drug-likeness (QED) is 0.833. The second-order valence-corrected chi connectivity index (χ2v) is 5.02. The number of anilines is 1. The zero-order valence-electron chi connectivity index (χ0n) is 11.0. The Hall–Kier alpha value is -1.56. The molecule has 0 radical (unpaired) electrons. The number of amides is 1. The van der Waals surface area contributed by atoms with Crippen LogP contribution in [0.3, 0.4) is 0 Å². The van der Waals surface area contributed by atoms with Gasteiger partial charge in [0.1, 0.15) is 5.82 Å². The second-order valence-electron chi connectivity index (χ2n) is 5.02. The van der Waals surface area contributed by atoms with Crippen LogP contribution >= 0.6 is 0 Å². The zero-order valence-corrected chi connectivity index (χ0v) is 11.0. The molecule has 0 saturated carbocycles. The maximum Gasteiger partial charge on any atom is 0.236 e. The number of hydrogen-bond donors (Lipinski definition) is 1. The van der Waals surface area contributed by atoms with Gasteiger partial charge in [-0.25, -0.2) is 0 Å². The molecule has 0 aromatic carbocycles. The number of piperidine rings is 1. The van der Waals surface area contributed by atoms with E-state index in [1.165, 1.54) is 0 Å². The molecule has 1 aliphatic rings. The summed E-state index contributed by atoms with van der Waals surface area (Å²) in [5.74, 6) is 0.733. The molecule has 0 spiro atoms. The summed E-state index contributed by atoms with van der Waals surface area (Å²) in [7, 11) is 3.59. The Kier molecular flexibility index (Phi) is 3.86. The third kappa shape index (κ3) is 3.01. The summed E-state index contributed by atoms with van der Waals surface area (Å²) in [6, 6.07) is 2.23. The number of likely N-dealkylation sites (tertiary alicyclic amines) is 1. The number of hydrogen-bond acceptors (Lipinski definition) is 4. The van der Waals surface area contributed by atoms with E-state index in [-0.39, 0.29) is 5.91 Å². The Morgan fingerprint density at radius 1 is 1.50 bits per heavy atom. The van der Waals surface area contributed by atoms with Crippen LogP contribution in [0.1, 0.15) is 18.9 Å².